The van der Waals surface area contributed by atoms with E-state index in [1.807, 2.05) is 4.90 Å². The normalized spacial score (nSPS) is 34.7. The van der Waals surface area contributed by atoms with Crippen molar-refractivity contribution in [3.05, 3.63) is 0 Å². The Bertz CT molecular complexity index is 205. The van der Waals surface area contributed by atoms with E-state index in [1.54, 1.807) is 6.92 Å². The molecule has 0 saturated carbocycles. The predicted molar refractivity (Wildman–Crippen MR) is 46.8 cm³/mol. The molecule has 2 saturated heterocycles. The lowest BCUT2D eigenvalue weighted by molar-refractivity contribution is -0.131. The van der Waals surface area contributed by atoms with E-state index < -0.39 is 0 Å². The van der Waals surface area contributed by atoms with Crippen molar-refractivity contribution in [2.24, 2.45) is 0 Å². The van der Waals surface area contributed by atoms with Gasteiger partial charge in [-0.2, -0.15) is 0 Å². The van der Waals surface area contributed by atoms with Crippen LogP contribution in [0.25, 0.3) is 0 Å². The Morgan fingerprint density at radius 3 is 2.58 bits per heavy atom. The number of rotatable bonds is 1. The van der Waals surface area contributed by atoms with Crippen molar-refractivity contribution in [2.75, 3.05) is 19.6 Å². The molecule has 0 N–H and O–H groups in total. The third-order valence-corrected chi connectivity index (χ3v) is 3.16. The second-order valence-electron chi connectivity index (χ2n) is 3.80. The highest BCUT2D eigenvalue weighted by Crippen LogP contribution is 2.29. The Kier molecular flexibility index (Phi) is 1.83. The van der Waals surface area contributed by atoms with Crippen molar-refractivity contribution in [3.8, 4) is 0 Å². The van der Waals surface area contributed by atoms with Gasteiger partial charge >= 0.3 is 0 Å². The van der Waals surface area contributed by atoms with E-state index in [9.17, 15) is 4.79 Å². The molecule has 3 nitrogen and oxygen atoms in total. The van der Waals surface area contributed by atoms with Gasteiger partial charge in [-0.25, -0.2) is 0 Å². The molecule has 2 heterocycles. The van der Waals surface area contributed by atoms with Crippen LogP contribution in [0.15, 0.2) is 0 Å². The first-order chi connectivity index (χ1) is 5.72. The maximum absolute atomic E-state index is 11.1. The van der Waals surface area contributed by atoms with Gasteiger partial charge in [0, 0.05) is 32.1 Å². The molecule has 2 atom stereocenters. The number of likely N-dealkylation sites (N-methyl/N-ethyl adjacent to an activating group) is 1. The van der Waals surface area contributed by atoms with Crippen LogP contribution in [0.3, 0.4) is 0 Å². The lowest BCUT2D eigenvalue weighted by atomic mass is 10.2. The number of piperazine rings is 1. The summed E-state index contributed by atoms with van der Waals surface area (Å²) in [5, 5.41) is 0. The molecule has 2 fully saturated rings. The van der Waals surface area contributed by atoms with Gasteiger partial charge in [-0.1, -0.05) is 6.92 Å². The zero-order valence-corrected chi connectivity index (χ0v) is 7.79. The summed E-state index contributed by atoms with van der Waals surface area (Å²) >= 11 is 0. The van der Waals surface area contributed by atoms with Crippen molar-refractivity contribution in [2.45, 2.75) is 32.4 Å². The molecule has 2 aliphatic heterocycles. The highest BCUT2D eigenvalue weighted by atomic mass is 16.2. The van der Waals surface area contributed by atoms with Crippen molar-refractivity contribution in [1.29, 1.82) is 0 Å². The van der Waals surface area contributed by atoms with Crippen molar-refractivity contribution in [3.63, 3.8) is 0 Å². The van der Waals surface area contributed by atoms with Gasteiger partial charge in [0.15, 0.2) is 0 Å². The number of fused-ring (bicyclic) bond motifs is 2. The predicted octanol–water partition coefficient (Wildman–Crippen LogP) is 0.311. The third-order valence-electron chi connectivity index (χ3n) is 3.16. The molecule has 2 aliphatic rings. The fraction of sp³-hybridized carbons (Fsp3) is 0.889. The molecule has 68 valence electrons. The van der Waals surface area contributed by atoms with E-state index in [4.69, 9.17) is 0 Å². The molecule has 0 aromatic carbocycles. The molecule has 0 aromatic heterocycles. The molecule has 3 heteroatoms. The minimum absolute atomic E-state index is 0.248. The SMILES string of the molecule is CCN1C[C@@H]2C[C@H]1CN2C(C)=O. The van der Waals surface area contributed by atoms with Gasteiger partial charge in [0.1, 0.15) is 0 Å². The summed E-state index contributed by atoms with van der Waals surface area (Å²) in [6, 6.07) is 1.18. The molecular formula is C9H16N2O. The summed E-state index contributed by atoms with van der Waals surface area (Å²) in [6.45, 7) is 7.07. The highest BCUT2D eigenvalue weighted by molar-refractivity contribution is 5.74. The summed E-state index contributed by atoms with van der Waals surface area (Å²) in [5.41, 5.74) is 0. The Morgan fingerprint density at radius 2 is 2.17 bits per heavy atom. The quantitative estimate of drug-likeness (QED) is 0.562. The zero-order chi connectivity index (χ0) is 8.72. The number of hydrogen-bond acceptors (Lipinski definition) is 2. The number of carbonyl (C=O) groups is 1. The lowest BCUT2D eigenvalue weighted by Crippen LogP contribution is -2.47. The van der Waals surface area contributed by atoms with Crippen LogP contribution in [-0.2, 0) is 4.79 Å². The Balaban J connectivity index is 2.03. The van der Waals surface area contributed by atoms with Crippen LogP contribution < -0.4 is 0 Å². The Morgan fingerprint density at radius 1 is 1.42 bits per heavy atom. The summed E-state index contributed by atoms with van der Waals surface area (Å²) < 4.78 is 0. The smallest absolute Gasteiger partial charge is 0.219 e. The molecule has 2 rings (SSSR count). The topological polar surface area (TPSA) is 23.6 Å². The van der Waals surface area contributed by atoms with Crippen LogP contribution in [0, 0.1) is 0 Å². The molecule has 0 aromatic rings. The summed E-state index contributed by atoms with van der Waals surface area (Å²) in [6.07, 6.45) is 1.20. The zero-order valence-electron chi connectivity index (χ0n) is 7.79. The molecule has 2 bridgehead atoms. The first-order valence-corrected chi connectivity index (χ1v) is 4.73. The van der Waals surface area contributed by atoms with Gasteiger partial charge < -0.3 is 4.90 Å². The summed E-state index contributed by atoms with van der Waals surface area (Å²) in [5.74, 6) is 0.248. The number of hydrogen-bond donors (Lipinski definition) is 0. The van der Waals surface area contributed by atoms with Crippen molar-refractivity contribution < 1.29 is 4.79 Å². The van der Waals surface area contributed by atoms with E-state index in [-0.39, 0.29) is 5.91 Å². The minimum atomic E-state index is 0.248. The van der Waals surface area contributed by atoms with Crippen LogP contribution in [0.1, 0.15) is 20.3 Å². The van der Waals surface area contributed by atoms with Crippen LogP contribution in [0.5, 0.6) is 0 Å². The first kappa shape index (κ1) is 8.05. The van der Waals surface area contributed by atoms with E-state index in [1.165, 1.54) is 6.42 Å². The first-order valence-electron chi connectivity index (χ1n) is 4.73. The van der Waals surface area contributed by atoms with Gasteiger partial charge in [0.05, 0.1) is 0 Å². The van der Waals surface area contributed by atoms with Crippen molar-refractivity contribution >= 4 is 5.91 Å². The molecule has 0 spiro atoms. The van der Waals surface area contributed by atoms with Gasteiger partial charge in [-0.15, -0.1) is 0 Å². The van der Waals surface area contributed by atoms with Gasteiger partial charge in [-0.05, 0) is 13.0 Å². The fourth-order valence-corrected chi connectivity index (χ4v) is 2.52. The average Bonchev–Trinajstić information content (AvgIpc) is 2.60. The number of amides is 1. The van der Waals surface area contributed by atoms with Crippen LogP contribution >= 0.6 is 0 Å². The summed E-state index contributed by atoms with van der Waals surface area (Å²) in [7, 11) is 0. The fourth-order valence-electron chi connectivity index (χ4n) is 2.52. The largest absolute Gasteiger partial charge is 0.337 e. The number of likely N-dealkylation sites (tertiary alicyclic amines) is 2. The minimum Gasteiger partial charge on any atom is -0.337 e. The van der Waals surface area contributed by atoms with E-state index in [2.05, 4.69) is 11.8 Å². The Hall–Kier alpha value is -0.570. The Labute approximate surface area is 73.3 Å². The standard InChI is InChI=1S/C9H16N2O/c1-3-10-5-9-4-8(10)6-11(9)7(2)12/h8-9H,3-6H2,1-2H3/t8-,9-/m0/s1. The maximum Gasteiger partial charge on any atom is 0.219 e. The molecular weight excluding hydrogens is 152 g/mol. The number of carbonyl (C=O) groups excluding carboxylic acids is 1. The second kappa shape index (κ2) is 2.73. The summed E-state index contributed by atoms with van der Waals surface area (Å²) in [4.78, 5) is 15.6. The van der Waals surface area contributed by atoms with E-state index in [0.717, 1.165) is 19.6 Å². The third kappa shape index (κ3) is 1.04. The lowest BCUT2D eigenvalue weighted by Gasteiger charge is -2.32. The maximum atomic E-state index is 11.1. The van der Waals surface area contributed by atoms with Gasteiger partial charge in [-0.3, -0.25) is 9.69 Å². The average molecular weight is 168 g/mol. The molecule has 0 aliphatic carbocycles. The molecule has 0 radical (unpaired) electrons. The molecule has 1 amide bonds. The van der Waals surface area contributed by atoms with E-state index in [0.29, 0.717) is 12.1 Å². The van der Waals surface area contributed by atoms with Crippen LogP contribution in [-0.4, -0.2) is 47.4 Å². The van der Waals surface area contributed by atoms with Gasteiger partial charge in [0.25, 0.3) is 0 Å². The van der Waals surface area contributed by atoms with Crippen LogP contribution in [0.4, 0.5) is 0 Å². The highest BCUT2D eigenvalue weighted by Gasteiger charge is 2.43. The second-order valence-corrected chi connectivity index (χ2v) is 3.80. The van der Waals surface area contributed by atoms with Gasteiger partial charge in [0.2, 0.25) is 5.91 Å². The molecule has 12 heavy (non-hydrogen) atoms. The number of nitrogens with zero attached hydrogens (tertiary/aromatic N) is 2. The molecule has 0 unspecified atom stereocenters. The van der Waals surface area contributed by atoms with Crippen molar-refractivity contribution in [1.82, 2.24) is 9.80 Å². The van der Waals surface area contributed by atoms with E-state index >= 15 is 0 Å². The monoisotopic (exact) mass is 168 g/mol. The van der Waals surface area contributed by atoms with Crippen LogP contribution in [0.2, 0.25) is 0 Å².